The molecule has 1 saturated heterocycles. The molecule has 2 heterocycles. The first-order valence-electron chi connectivity index (χ1n) is 7.19. The van der Waals surface area contributed by atoms with Crippen molar-refractivity contribution in [1.82, 2.24) is 9.97 Å². The summed E-state index contributed by atoms with van der Waals surface area (Å²) in [6.07, 6.45) is 3.20. The molecule has 0 unspecified atom stereocenters. The molecule has 0 radical (unpaired) electrons. The Morgan fingerprint density at radius 2 is 2.05 bits per heavy atom. The van der Waals surface area contributed by atoms with Gasteiger partial charge in [-0.05, 0) is 24.3 Å². The van der Waals surface area contributed by atoms with E-state index in [1.165, 1.54) is 0 Å². The first-order valence-corrected chi connectivity index (χ1v) is 7.19. The molecule has 6 nitrogen and oxygen atoms in total. The van der Waals surface area contributed by atoms with Crippen molar-refractivity contribution in [3.8, 4) is 17.0 Å². The first kappa shape index (κ1) is 14.9. The Bertz CT molecular complexity index is 597. The number of nitrogens with zero attached hydrogens (tertiary/aromatic N) is 2. The zero-order chi connectivity index (χ0) is 15.2. The number of benzene rings is 1. The van der Waals surface area contributed by atoms with Crippen LogP contribution in [0.4, 0.5) is 0 Å². The third-order valence-corrected chi connectivity index (χ3v) is 3.32. The van der Waals surface area contributed by atoms with E-state index < -0.39 is 0 Å². The molecule has 0 amide bonds. The molecule has 0 aliphatic carbocycles. The summed E-state index contributed by atoms with van der Waals surface area (Å²) in [6, 6.07) is 7.59. The van der Waals surface area contributed by atoms with Crippen LogP contribution in [0, 0.1) is 0 Å². The maximum atomic E-state index is 9.10. The second kappa shape index (κ2) is 7.31. The van der Waals surface area contributed by atoms with Gasteiger partial charge in [0.2, 0.25) is 0 Å². The highest BCUT2D eigenvalue weighted by Crippen LogP contribution is 2.20. The largest absolute Gasteiger partial charge is 0.491 e. The van der Waals surface area contributed by atoms with Gasteiger partial charge in [0.1, 0.15) is 18.5 Å². The molecule has 0 spiro atoms. The number of hydrogen-bond donors (Lipinski definition) is 1. The van der Waals surface area contributed by atoms with Gasteiger partial charge in [-0.1, -0.05) is 0 Å². The van der Waals surface area contributed by atoms with E-state index in [4.69, 9.17) is 19.3 Å². The standard InChI is InChI=1S/C16H18N2O4/c19-9-13-7-17-8-16(18-13)12-1-3-14(4-2-12)22-11-15-10-20-5-6-21-15/h1-4,7-8,15,19H,5-6,9-11H2/t15-/m1/s1. The van der Waals surface area contributed by atoms with Gasteiger partial charge in [-0.15, -0.1) is 0 Å². The average Bonchev–Trinajstić information content (AvgIpc) is 2.61. The molecule has 1 atom stereocenters. The predicted molar refractivity (Wildman–Crippen MR) is 79.4 cm³/mol. The van der Waals surface area contributed by atoms with Gasteiger partial charge in [0, 0.05) is 5.56 Å². The molecular formula is C16H18N2O4. The molecule has 1 aromatic carbocycles. The van der Waals surface area contributed by atoms with Crippen LogP contribution in [-0.2, 0) is 16.1 Å². The van der Waals surface area contributed by atoms with Crippen molar-refractivity contribution in [1.29, 1.82) is 0 Å². The Balaban J connectivity index is 1.61. The lowest BCUT2D eigenvalue weighted by atomic mass is 10.1. The number of rotatable bonds is 5. The topological polar surface area (TPSA) is 73.7 Å². The van der Waals surface area contributed by atoms with E-state index in [1.807, 2.05) is 24.3 Å². The minimum absolute atomic E-state index is 0.0134. The lowest BCUT2D eigenvalue weighted by molar-refractivity contribution is -0.101. The molecule has 1 aromatic heterocycles. The monoisotopic (exact) mass is 302 g/mol. The average molecular weight is 302 g/mol. The molecule has 1 fully saturated rings. The summed E-state index contributed by atoms with van der Waals surface area (Å²) in [6.45, 7) is 2.19. The number of aliphatic hydroxyl groups excluding tert-OH is 1. The minimum Gasteiger partial charge on any atom is -0.491 e. The SMILES string of the molecule is OCc1cncc(-c2ccc(OC[C@H]3COCCO3)cc2)n1. The van der Waals surface area contributed by atoms with Crippen LogP contribution in [0.25, 0.3) is 11.3 Å². The van der Waals surface area contributed by atoms with Gasteiger partial charge >= 0.3 is 0 Å². The maximum absolute atomic E-state index is 9.10. The summed E-state index contributed by atoms with van der Waals surface area (Å²) in [7, 11) is 0. The van der Waals surface area contributed by atoms with E-state index in [2.05, 4.69) is 9.97 Å². The van der Waals surface area contributed by atoms with E-state index in [-0.39, 0.29) is 12.7 Å². The van der Waals surface area contributed by atoms with Crippen molar-refractivity contribution in [3.63, 3.8) is 0 Å². The fraction of sp³-hybridized carbons (Fsp3) is 0.375. The summed E-state index contributed by atoms with van der Waals surface area (Å²) < 4.78 is 16.6. The van der Waals surface area contributed by atoms with Gasteiger partial charge in [0.05, 0.1) is 50.2 Å². The van der Waals surface area contributed by atoms with E-state index in [0.717, 1.165) is 17.0 Å². The van der Waals surface area contributed by atoms with E-state index in [0.29, 0.717) is 32.1 Å². The normalized spacial score (nSPS) is 18.1. The van der Waals surface area contributed by atoms with Gasteiger partial charge in [-0.3, -0.25) is 4.98 Å². The fourth-order valence-electron chi connectivity index (χ4n) is 2.17. The van der Waals surface area contributed by atoms with Crippen molar-refractivity contribution in [3.05, 3.63) is 42.4 Å². The number of aromatic nitrogens is 2. The summed E-state index contributed by atoms with van der Waals surface area (Å²) in [5.74, 6) is 0.768. The number of hydrogen-bond acceptors (Lipinski definition) is 6. The molecule has 2 aromatic rings. The van der Waals surface area contributed by atoms with Crippen LogP contribution >= 0.6 is 0 Å². The van der Waals surface area contributed by atoms with Crippen LogP contribution < -0.4 is 4.74 Å². The summed E-state index contributed by atoms with van der Waals surface area (Å²) in [5, 5.41) is 9.10. The molecular weight excluding hydrogens is 284 g/mol. The molecule has 0 bridgehead atoms. The second-order valence-corrected chi connectivity index (χ2v) is 4.96. The number of ether oxygens (including phenoxy) is 3. The van der Waals surface area contributed by atoms with Gasteiger partial charge in [-0.2, -0.15) is 0 Å². The van der Waals surface area contributed by atoms with Crippen molar-refractivity contribution in [2.24, 2.45) is 0 Å². The van der Waals surface area contributed by atoms with Crippen molar-refractivity contribution in [2.45, 2.75) is 12.7 Å². The molecule has 3 rings (SSSR count). The number of aliphatic hydroxyl groups is 1. The third kappa shape index (κ3) is 3.79. The van der Waals surface area contributed by atoms with E-state index in [1.54, 1.807) is 12.4 Å². The second-order valence-electron chi connectivity index (χ2n) is 4.96. The van der Waals surface area contributed by atoms with Gasteiger partial charge in [-0.25, -0.2) is 4.98 Å². The van der Waals surface area contributed by atoms with Crippen LogP contribution in [0.3, 0.4) is 0 Å². The van der Waals surface area contributed by atoms with E-state index >= 15 is 0 Å². The molecule has 0 saturated carbocycles. The first-order chi connectivity index (χ1) is 10.8. The highest BCUT2D eigenvalue weighted by molar-refractivity contribution is 5.59. The van der Waals surface area contributed by atoms with Gasteiger partial charge < -0.3 is 19.3 Å². The highest BCUT2D eigenvalue weighted by Gasteiger charge is 2.14. The fourth-order valence-corrected chi connectivity index (χ4v) is 2.17. The van der Waals surface area contributed by atoms with E-state index in [9.17, 15) is 0 Å². The molecule has 6 heteroatoms. The predicted octanol–water partition coefficient (Wildman–Crippen LogP) is 1.43. The third-order valence-electron chi connectivity index (χ3n) is 3.32. The van der Waals surface area contributed by atoms with Crippen LogP contribution in [0.5, 0.6) is 5.75 Å². The van der Waals surface area contributed by atoms with Crippen LogP contribution in [-0.4, -0.2) is 47.6 Å². The molecule has 1 N–H and O–H groups in total. The Kier molecular flexibility index (Phi) is 4.95. The molecule has 1 aliphatic rings. The van der Waals surface area contributed by atoms with Crippen molar-refractivity contribution < 1.29 is 19.3 Å². The summed E-state index contributed by atoms with van der Waals surface area (Å²) >= 11 is 0. The zero-order valence-electron chi connectivity index (χ0n) is 12.1. The van der Waals surface area contributed by atoms with Gasteiger partial charge in [0.25, 0.3) is 0 Å². The van der Waals surface area contributed by atoms with Crippen LogP contribution in [0.1, 0.15) is 5.69 Å². The van der Waals surface area contributed by atoms with Gasteiger partial charge in [0.15, 0.2) is 0 Å². The molecule has 22 heavy (non-hydrogen) atoms. The Morgan fingerprint density at radius 3 is 2.77 bits per heavy atom. The minimum atomic E-state index is -0.120. The lowest BCUT2D eigenvalue weighted by Crippen LogP contribution is -2.33. The molecule has 116 valence electrons. The van der Waals surface area contributed by atoms with Crippen LogP contribution in [0.15, 0.2) is 36.7 Å². The Morgan fingerprint density at radius 1 is 1.18 bits per heavy atom. The molecule has 1 aliphatic heterocycles. The van der Waals surface area contributed by atoms with Crippen molar-refractivity contribution >= 4 is 0 Å². The Hall–Kier alpha value is -2.02. The maximum Gasteiger partial charge on any atom is 0.119 e. The Labute approximate surface area is 128 Å². The quantitative estimate of drug-likeness (QED) is 0.900. The lowest BCUT2D eigenvalue weighted by Gasteiger charge is -2.22. The summed E-state index contributed by atoms with van der Waals surface area (Å²) in [5.41, 5.74) is 2.20. The van der Waals surface area contributed by atoms with Crippen LogP contribution in [0.2, 0.25) is 0 Å². The zero-order valence-corrected chi connectivity index (χ0v) is 12.1. The smallest absolute Gasteiger partial charge is 0.119 e. The highest BCUT2D eigenvalue weighted by atomic mass is 16.6. The summed E-state index contributed by atoms with van der Waals surface area (Å²) in [4.78, 5) is 8.39. The van der Waals surface area contributed by atoms with Crippen molar-refractivity contribution in [2.75, 3.05) is 26.4 Å².